The second kappa shape index (κ2) is 8.37. The minimum Gasteiger partial charge on any atom is -0.494 e. The van der Waals surface area contributed by atoms with E-state index in [1.165, 1.54) is 24.3 Å². The van der Waals surface area contributed by atoms with Gasteiger partial charge in [0.25, 0.3) is 5.91 Å². The Kier molecular flexibility index (Phi) is 5.48. The molecule has 30 heavy (non-hydrogen) atoms. The molecule has 4 rings (SSSR count). The minimum atomic E-state index is -0.609. The molecule has 0 saturated heterocycles. The number of carbonyl (C=O) groups excluding carboxylic acids is 1. The van der Waals surface area contributed by atoms with Crippen LogP contribution in [0.3, 0.4) is 0 Å². The van der Waals surface area contributed by atoms with Crippen molar-refractivity contribution in [2.45, 2.75) is 19.8 Å². The van der Waals surface area contributed by atoms with Gasteiger partial charge in [-0.25, -0.2) is 4.39 Å². The van der Waals surface area contributed by atoms with Crippen LogP contribution >= 0.6 is 0 Å². The van der Waals surface area contributed by atoms with E-state index >= 15 is 0 Å². The first-order chi connectivity index (χ1) is 14.6. The van der Waals surface area contributed by atoms with Crippen LogP contribution in [0, 0.1) is 5.82 Å². The summed E-state index contributed by atoms with van der Waals surface area (Å²) in [6.07, 6.45) is 2.02. The number of nitrogens with one attached hydrogen (secondary N) is 1. The summed E-state index contributed by atoms with van der Waals surface area (Å²) < 4.78 is 25.2. The molecule has 0 saturated carbocycles. The van der Waals surface area contributed by atoms with Crippen molar-refractivity contribution in [3.8, 4) is 5.75 Å². The van der Waals surface area contributed by atoms with Crippen molar-refractivity contribution in [1.29, 1.82) is 0 Å². The number of rotatable bonds is 6. The van der Waals surface area contributed by atoms with Crippen molar-refractivity contribution < 1.29 is 18.3 Å². The lowest BCUT2D eigenvalue weighted by Gasteiger charge is -2.09. The Bertz CT molecular complexity index is 1280. The van der Waals surface area contributed by atoms with Crippen LogP contribution in [0.25, 0.3) is 21.9 Å². The van der Waals surface area contributed by atoms with Crippen LogP contribution in [0.1, 0.15) is 30.1 Å². The second-order valence-electron chi connectivity index (χ2n) is 6.94. The van der Waals surface area contributed by atoms with Crippen LogP contribution in [-0.2, 0) is 0 Å². The van der Waals surface area contributed by atoms with Crippen molar-refractivity contribution in [2.75, 3.05) is 11.9 Å². The molecule has 0 radical (unpaired) electrons. The summed E-state index contributed by atoms with van der Waals surface area (Å²) in [5.41, 5.74) is 0.688. The zero-order chi connectivity index (χ0) is 21.1. The van der Waals surface area contributed by atoms with Crippen molar-refractivity contribution in [1.82, 2.24) is 0 Å². The lowest BCUT2D eigenvalue weighted by Crippen LogP contribution is -2.12. The molecule has 1 aromatic heterocycles. The van der Waals surface area contributed by atoms with Crippen molar-refractivity contribution in [2.24, 2.45) is 0 Å². The number of ether oxygens (including phenoxy) is 1. The lowest BCUT2D eigenvalue weighted by atomic mass is 10.1. The second-order valence-corrected chi connectivity index (χ2v) is 6.94. The average molecular weight is 405 g/mol. The number of amides is 1. The predicted molar refractivity (Wildman–Crippen MR) is 115 cm³/mol. The molecule has 0 aliphatic rings. The monoisotopic (exact) mass is 405 g/mol. The number of hydrogen-bond acceptors (Lipinski definition) is 4. The average Bonchev–Trinajstić information content (AvgIpc) is 2.75. The molecular formula is C24H20FNO4. The largest absolute Gasteiger partial charge is 0.494 e. The van der Waals surface area contributed by atoms with Gasteiger partial charge in [-0.05, 0) is 55.0 Å². The molecule has 0 fully saturated rings. The van der Waals surface area contributed by atoms with Crippen molar-refractivity contribution in [3.63, 3.8) is 0 Å². The van der Waals surface area contributed by atoms with Gasteiger partial charge in [-0.15, -0.1) is 0 Å². The Hall–Kier alpha value is -3.67. The highest BCUT2D eigenvalue weighted by molar-refractivity contribution is 6.05. The standard InChI is InChI=1S/C24H20FNO4/c1-2-3-13-29-17-10-7-15(8-11-17)24(28)26-16-9-12-18-21(14-16)30-23-19(22(18)27)5-4-6-20(23)25/h4-12,14H,2-3,13H2,1H3,(H,26,28). The minimum absolute atomic E-state index is 0.0999. The fraction of sp³-hybridized carbons (Fsp3) is 0.167. The molecular weight excluding hydrogens is 385 g/mol. The molecule has 3 aromatic carbocycles. The molecule has 1 amide bonds. The first kappa shape index (κ1) is 19.6. The van der Waals surface area contributed by atoms with E-state index in [2.05, 4.69) is 12.2 Å². The number of unbranched alkanes of at least 4 members (excludes halogenated alkanes) is 1. The van der Waals surface area contributed by atoms with Gasteiger partial charge >= 0.3 is 0 Å². The number of fused-ring (bicyclic) bond motifs is 2. The molecule has 1 N–H and O–H groups in total. The summed E-state index contributed by atoms with van der Waals surface area (Å²) >= 11 is 0. The molecule has 0 aliphatic carbocycles. The van der Waals surface area contributed by atoms with E-state index in [0.717, 1.165) is 12.8 Å². The Morgan fingerprint density at radius 1 is 1.07 bits per heavy atom. The molecule has 4 aromatic rings. The zero-order valence-corrected chi connectivity index (χ0v) is 16.4. The van der Waals surface area contributed by atoms with Crippen LogP contribution in [0.4, 0.5) is 10.1 Å². The Morgan fingerprint density at radius 2 is 1.87 bits per heavy atom. The third kappa shape index (κ3) is 3.89. The Morgan fingerprint density at radius 3 is 2.63 bits per heavy atom. The number of anilines is 1. The fourth-order valence-electron chi connectivity index (χ4n) is 3.16. The van der Waals surface area contributed by atoms with Gasteiger partial charge in [-0.1, -0.05) is 19.4 Å². The summed E-state index contributed by atoms with van der Waals surface area (Å²) in [7, 11) is 0. The summed E-state index contributed by atoms with van der Waals surface area (Å²) in [5.74, 6) is -0.215. The van der Waals surface area contributed by atoms with Crippen LogP contribution in [0.15, 0.2) is 69.9 Å². The molecule has 0 atom stereocenters. The van der Waals surface area contributed by atoms with E-state index in [9.17, 15) is 14.0 Å². The van der Waals surface area contributed by atoms with Crippen molar-refractivity contribution in [3.05, 3.63) is 82.3 Å². The number of carbonyl (C=O) groups is 1. The van der Waals surface area contributed by atoms with Gasteiger partial charge in [0, 0.05) is 17.3 Å². The van der Waals surface area contributed by atoms with Gasteiger partial charge < -0.3 is 14.5 Å². The topological polar surface area (TPSA) is 68.5 Å². The van der Waals surface area contributed by atoms with Crippen LogP contribution in [0.2, 0.25) is 0 Å². The highest BCUT2D eigenvalue weighted by Gasteiger charge is 2.13. The number of para-hydroxylation sites is 1. The van der Waals surface area contributed by atoms with Gasteiger partial charge in [0.15, 0.2) is 11.4 Å². The lowest BCUT2D eigenvalue weighted by molar-refractivity contribution is 0.102. The molecule has 0 unspecified atom stereocenters. The fourth-order valence-corrected chi connectivity index (χ4v) is 3.16. The smallest absolute Gasteiger partial charge is 0.255 e. The van der Waals surface area contributed by atoms with Crippen LogP contribution < -0.4 is 15.5 Å². The molecule has 0 spiro atoms. The SMILES string of the molecule is CCCCOc1ccc(C(=O)Nc2ccc3c(=O)c4cccc(F)c4oc3c2)cc1. The molecule has 0 aliphatic heterocycles. The first-order valence-electron chi connectivity index (χ1n) is 9.76. The maximum atomic E-state index is 14.0. The van der Waals surface area contributed by atoms with Gasteiger partial charge in [0.05, 0.1) is 17.4 Å². The van der Waals surface area contributed by atoms with Crippen molar-refractivity contribution >= 4 is 33.5 Å². The summed E-state index contributed by atoms with van der Waals surface area (Å²) in [4.78, 5) is 25.1. The first-order valence-corrected chi connectivity index (χ1v) is 9.76. The summed E-state index contributed by atoms with van der Waals surface area (Å²) in [6.45, 7) is 2.73. The molecule has 152 valence electrons. The molecule has 1 heterocycles. The zero-order valence-electron chi connectivity index (χ0n) is 16.4. The molecule has 6 heteroatoms. The quantitative estimate of drug-likeness (QED) is 0.339. The van der Waals surface area contributed by atoms with E-state index in [1.54, 1.807) is 36.4 Å². The number of hydrogen-bond donors (Lipinski definition) is 1. The van der Waals surface area contributed by atoms with Crippen LogP contribution in [0.5, 0.6) is 5.75 Å². The maximum Gasteiger partial charge on any atom is 0.255 e. The highest BCUT2D eigenvalue weighted by atomic mass is 19.1. The molecule has 0 bridgehead atoms. The highest BCUT2D eigenvalue weighted by Crippen LogP contribution is 2.24. The van der Waals surface area contributed by atoms with Gasteiger partial charge in [-0.3, -0.25) is 9.59 Å². The number of halogens is 1. The van der Waals surface area contributed by atoms with Gasteiger partial charge in [0.1, 0.15) is 11.3 Å². The van der Waals surface area contributed by atoms with E-state index in [1.807, 2.05) is 0 Å². The maximum absolute atomic E-state index is 14.0. The van der Waals surface area contributed by atoms with Crippen LogP contribution in [-0.4, -0.2) is 12.5 Å². The third-order valence-corrected chi connectivity index (χ3v) is 4.79. The Balaban J connectivity index is 1.57. The van der Waals surface area contributed by atoms with Gasteiger partial charge in [-0.2, -0.15) is 0 Å². The summed E-state index contributed by atoms with van der Waals surface area (Å²) in [6, 6.07) is 15.8. The number of benzene rings is 3. The summed E-state index contributed by atoms with van der Waals surface area (Å²) in [5, 5.41) is 3.27. The third-order valence-electron chi connectivity index (χ3n) is 4.79. The van der Waals surface area contributed by atoms with E-state index in [-0.39, 0.29) is 27.9 Å². The molecule has 5 nitrogen and oxygen atoms in total. The van der Waals surface area contributed by atoms with Gasteiger partial charge in [0.2, 0.25) is 5.43 Å². The normalized spacial score (nSPS) is 11.0. The van der Waals surface area contributed by atoms with E-state index in [4.69, 9.17) is 9.15 Å². The Labute approximate surface area is 172 Å². The van der Waals surface area contributed by atoms with E-state index < -0.39 is 5.82 Å². The predicted octanol–water partition coefficient (Wildman–Crippen LogP) is 5.52. The van der Waals surface area contributed by atoms with E-state index in [0.29, 0.717) is 29.0 Å².